The van der Waals surface area contributed by atoms with Crippen molar-refractivity contribution in [3.63, 3.8) is 0 Å². The summed E-state index contributed by atoms with van der Waals surface area (Å²) in [6.07, 6.45) is 0.868. The maximum Gasteiger partial charge on any atom is 0.239 e. The summed E-state index contributed by atoms with van der Waals surface area (Å²) in [5, 5.41) is 4.40. The van der Waals surface area contributed by atoms with Gasteiger partial charge >= 0.3 is 0 Å². The van der Waals surface area contributed by atoms with E-state index in [1.165, 1.54) is 0 Å². The molecule has 2 rings (SSSR count). The molecule has 0 aromatic heterocycles. The number of carbonyl (C=O) groups is 1. The summed E-state index contributed by atoms with van der Waals surface area (Å²) >= 11 is 6.35. The van der Waals surface area contributed by atoms with Crippen LogP contribution in [0.5, 0.6) is 0 Å². The highest BCUT2D eigenvalue weighted by Crippen LogP contribution is 2.25. The maximum absolute atomic E-state index is 13.0. The number of benzene rings is 1. The van der Waals surface area contributed by atoms with Crippen LogP contribution in [-0.4, -0.2) is 54.0 Å². The largest absolute Gasteiger partial charge is 0.342 e. The fourth-order valence-corrected chi connectivity index (χ4v) is 3.67. The van der Waals surface area contributed by atoms with Crippen LogP contribution in [0.25, 0.3) is 0 Å². The van der Waals surface area contributed by atoms with Crippen molar-refractivity contribution in [3.8, 4) is 0 Å². The molecule has 1 aromatic rings. The molecule has 25 heavy (non-hydrogen) atoms. The van der Waals surface area contributed by atoms with Crippen LogP contribution < -0.4 is 5.32 Å². The van der Waals surface area contributed by atoms with E-state index in [2.05, 4.69) is 30.1 Å². The lowest BCUT2D eigenvalue weighted by molar-refractivity contribution is -0.135. The van der Waals surface area contributed by atoms with E-state index in [1.54, 1.807) is 0 Å². The molecule has 0 radical (unpaired) electrons. The molecule has 1 heterocycles. The standard InChI is InChI=1S/C20H32ClN3O/c1-5-23(6-2)20(25)19-11-17(22-12-15(3)4)14-24(19)13-16-9-7-8-10-18(16)21/h7-10,15,17,19,22H,5-6,11-14H2,1-4H3/t17-,19+/m1/s1. The summed E-state index contributed by atoms with van der Waals surface area (Å²) in [6, 6.07) is 8.21. The van der Waals surface area contributed by atoms with Crippen LogP contribution in [0.1, 0.15) is 39.7 Å². The third-order valence-corrected chi connectivity index (χ3v) is 5.28. The number of likely N-dealkylation sites (tertiary alicyclic amines) is 1. The molecule has 5 heteroatoms. The third kappa shape index (κ3) is 5.44. The van der Waals surface area contributed by atoms with E-state index < -0.39 is 0 Å². The van der Waals surface area contributed by atoms with Crippen LogP contribution in [0.4, 0.5) is 0 Å². The Morgan fingerprint density at radius 2 is 2.00 bits per heavy atom. The van der Waals surface area contributed by atoms with E-state index >= 15 is 0 Å². The van der Waals surface area contributed by atoms with E-state index in [-0.39, 0.29) is 11.9 Å². The zero-order valence-corrected chi connectivity index (χ0v) is 16.7. The van der Waals surface area contributed by atoms with Crippen LogP contribution in [0.15, 0.2) is 24.3 Å². The molecule has 1 aromatic carbocycles. The number of nitrogens with one attached hydrogen (secondary N) is 1. The Labute approximate surface area is 157 Å². The smallest absolute Gasteiger partial charge is 0.239 e. The van der Waals surface area contributed by atoms with E-state index in [4.69, 9.17) is 11.6 Å². The Morgan fingerprint density at radius 1 is 1.32 bits per heavy atom. The van der Waals surface area contributed by atoms with Crippen molar-refractivity contribution >= 4 is 17.5 Å². The summed E-state index contributed by atoms with van der Waals surface area (Å²) in [5.74, 6) is 0.848. The van der Waals surface area contributed by atoms with Crippen LogP contribution >= 0.6 is 11.6 Å². The second-order valence-corrected chi connectivity index (χ2v) is 7.69. The Kier molecular flexibility index (Phi) is 7.73. The van der Waals surface area contributed by atoms with E-state index in [0.29, 0.717) is 12.0 Å². The van der Waals surface area contributed by atoms with Gasteiger partial charge in [0.05, 0.1) is 6.04 Å². The van der Waals surface area contributed by atoms with Crippen molar-refractivity contribution in [2.45, 2.75) is 52.7 Å². The predicted octanol–water partition coefficient (Wildman–Crippen LogP) is 3.40. The molecule has 1 saturated heterocycles. The Balaban J connectivity index is 2.13. The fourth-order valence-electron chi connectivity index (χ4n) is 3.48. The van der Waals surface area contributed by atoms with Gasteiger partial charge in [0.2, 0.25) is 5.91 Å². The summed E-state index contributed by atoms with van der Waals surface area (Å²) in [4.78, 5) is 17.2. The van der Waals surface area contributed by atoms with Gasteiger partial charge in [-0.3, -0.25) is 9.69 Å². The van der Waals surface area contributed by atoms with Gasteiger partial charge in [0.1, 0.15) is 0 Å². The highest BCUT2D eigenvalue weighted by Gasteiger charge is 2.38. The number of hydrogen-bond acceptors (Lipinski definition) is 3. The Hall–Kier alpha value is -1.10. The fraction of sp³-hybridized carbons (Fsp3) is 0.650. The lowest BCUT2D eigenvalue weighted by Gasteiger charge is -2.29. The maximum atomic E-state index is 13.0. The zero-order valence-electron chi connectivity index (χ0n) is 16.0. The monoisotopic (exact) mass is 365 g/mol. The number of amides is 1. The molecule has 1 amide bonds. The number of hydrogen-bond donors (Lipinski definition) is 1. The Bertz CT molecular complexity index is 560. The zero-order chi connectivity index (χ0) is 18.4. The first-order chi connectivity index (χ1) is 12.0. The van der Waals surface area contributed by atoms with Gasteiger partial charge in [0.15, 0.2) is 0 Å². The molecule has 0 aliphatic carbocycles. The lowest BCUT2D eigenvalue weighted by atomic mass is 10.1. The summed E-state index contributed by atoms with van der Waals surface area (Å²) in [7, 11) is 0. The summed E-state index contributed by atoms with van der Waals surface area (Å²) in [5.41, 5.74) is 1.09. The molecule has 1 fully saturated rings. The molecule has 1 aliphatic heterocycles. The van der Waals surface area contributed by atoms with Gasteiger partial charge < -0.3 is 10.2 Å². The topological polar surface area (TPSA) is 35.6 Å². The normalized spacial score (nSPS) is 21.0. The van der Waals surface area contributed by atoms with Gasteiger partial charge in [0, 0.05) is 37.2 Å². The van der Waals surface area contributed by atoms with Gasteiger partial charge in [0.25, 0.3) is 0 Å². The molecule has 0 spiro atoms. The van der Waals surface area contributed by atoms with Crippen molar-refractivity contribution in [1.82, 2.24) is 15.1 Å². The quantitative estimate of drug-likeness (QED) is 0.767. The SMILES string of the molecule is CCN(CC)C(=O)[C@@H]1C[C@@H](NCC(C)C)CN1Cc1ccccc1Cl. The molecule has 0 unspecified atom stereocenters. The van der Waals surface area contributed by atoms with Crippen molar-refractivity contribution in [2.75, 3.05) is 26.2 Å². The molecular weight excluding hydrogens is 334 g/mol. The minimum absolute atomic E-state index is 0.0687. The first-order valence-corrected chi connectivity index (χ1v) is 9.83. The van der Waals surface area contributed by atoms with Gasteiger partial charge in [-0.05, 0) is 44.4 Å². The molecule has 4 nitrogen and oxygen atoms in total. The van der Waals surface area contributed by atoms with Crippen molar-refractivity contribution in [2.24, 2.45) is 5.92 Å². The Morgan fingerprint density at radius 3 is 2.60 bits per heavy atom. The minimum atomic E-state index is -0.0687. The van der Waals surface area contributed by atoms with E-state index in [9.17, 15) is 4.79 Å². The molecule has 0 saturated carbocycles. The third-order valence-electron chi connectivity index (χ3n) is 4.91. The molecule has 1 aliphatic rings. The van der Waals surface area contributed by atoms with Crippen LogP contribution in [0.3, 0.4) is 0 Å². The highest BCUT2D eigenvalue weighted by atomic mass is 35.5. The minimum Gasteiger partial charge on any atom is -0.342 e. The first-order valence-electron chi connectivity index (χ1n) is 9.45. The average Bonchev–Trinajstić information content (AvgIpc) is 2.99. The first kappa shape index (κ1) is 20.2. The van der Waals surface area contributed by atoms with Crippen molar-refractivity contribution in [3.05, 3.63) is 34.9 Å². The van der Waals surface area contributed by atoms with E-state index in [0.717, 1.165) is 49.7 Å². The predicted molar refractivity (Wildman–Crippen MR) is 105 cm³/mol. The number of nitrogens with zero attached hydrogens (tertiary/aromatic N) is 2. The van der Waals surface area contributed by atoms with Gasteiger partial charge in [-0.15, -0.1) is 0 Å². The van der Waals surface area contributed by atoms with Crippen LogP contribution in [0, 0.1) is 5.92 Å². The van der Waals surface area contributed by atoms with Crippen molar-refractivity contribution < 1.29 is 4.79 Å². The second-order valence-electron chi connectivity index (χ2n) is 7.28. The summed E-state index contributed by atoms with van der Waals surface area (Å²) < 4.78 is 0. The lowest BCUT2D eigenvalue weighted by Crippen LogP contribution is -2.45. The van der Waals surface area contributed by atoms with Gasteiger partial charge in [-0.2, -0.15) is 0 Å². The van der Waals surface area contributed by atoms with Crippen LogP contribution in [-0.2, 0) is 11.3 Å². The molecular formula is C20H32ClN3O. The second kappa shape index (κ2) is 9.56. The van der Waals surface area contributed by atoms with Crippen LogP contribution in [0.2, 0.25) is 5.02 Å². The highest BCUT2D eigenvalue weighted by molar-refractivity contribution is 6.31. The van der Waals surface area contributed by atoms with Gasteiger partial charge in [-0.25, -0.2) is 0 Å². The molecule has 1 N–H and O–H groups in total. The van der Waals surface area contributed by atoms with E-state index in [1.807, 2.05) is 36.9 Å². The molecule has 140 valence electrons. The number of halogens is 1. The number of rotatable bonds is 8. The van der Waals surface area contributed by atoms with Crippen molar-refractivity contribution in [1.29, 1.82) is 0 Å². The number of carbonyl (C=O) groups excluding carboxylic acids is 1. The molecule has 2 atom stereocenters. The molecule has 0 bridgehead atoms. The average molecular weight is 366 g/mol. The van der Waals surface area contributed by atoms with Gasteiger partial charge in [-0.1, -0.05) is 43.6 Å². The number of likely N-dealkylation sites (N-methyl/N-ethyl adjacent to an activating group) is 1. The summed E-state index contributed by atoms with van der Waals surface area (Å²) in [6.45, 7) is 12.6.